The van der Waals surface area contributed by atoms with Crippen LogP contribution >= 0.6 is 0 Å². The summed E-state index contributed by atoms with van der Waals surface area (Å²) in [6, 6.07) is 7.28. The van der Waals surface area contributed by atoms with Gasteiger partial charge in [0, 0.05) is 28.7 Å². The van der Waals surface area contributed by atoms with Gasteiger partial charge >= 0.3 is 5.97 Å². The molecule has 78 valence electrons. The van der Waals surface area contributed by atoms with Gasteiger partial charge in [-0.05, 0) is 18.2 Å². The van der Waals surface area contributed by atoms with Crippen molar-refractivity contribution in [2.24, 2.45) is 0 Å². The monoisotopic (exact) mass is 212 g/mol. The second-order valence-electron chi connectivity index (χ2n) is 3.29. The summed E-state index contributed by atoms with van der Waals surface area (Å²) in [5.74, 6) is -0.983. The lowest BCUT2D eigenvalue weighted by Gasteiger charge is -1.92. The summed E-state index contributed by atoms with van der Waals surface area (Å²) in [6.45, 7) is 0. The molecule has 1 aromatic heterocycles. The number of nitrogens with zero attached hydrogens (tertiary/aromatic N) is 1. The number of hydrogen-bond donors (Lipinski definition) is 2. The fraction of sp³-hybridized carbons (Fsp3) is 0. The first-order valence-corrected chi connectivity index (χ1v) is 4.63. The maximum Gasteiger partial charge on any atom is 0.328 e. The predicted octanol–water partition coefficient (Wildman–Crippen LogP) is 2.14. The molecule has 1 heterocycles. The summed E-state index contributed by atoms with van der Waals surface area (Å²) < 4.78 is 0. The molecule has 4 heteroatoms. The fourth-order valence-corrected chi connectivity index (χ4v) is 1.52. The zero-order valence-electron chi connectivity index (χ0n) is 8.27. The Morgan fingerprint density at radius 3 is 3.00 bits per heavy atom. The first-order valence-electron chi connectivity index (χ1n) is 4.63. The van der Waals surface area contributed by atoms with Crippen LogP contribution in [0.2, 0.25) is 0 Å². The van der Waals surface area contributed by atoms with Crippen molar-refractivity contribution >= 4 is 22.9 Å². The summed E-state index contributed by atoms with van der Waals surface area (Å²) in [7, 11) is 0. The van der Waals surface area contributed by atoms with Gasteiger partial charge in [0.1, 0.15) is 0 Å². The molecule has 0 radical (unpaired) electrons. The summed E-state index contributed by atoms with van der Waals surface area (Å²) >= 11 is 0. The number of aliphatic carboxylic acids is 1. The lowest BCUT2D eigenvalue weighted by molar-refractivity contribution is -0.131. The van der Waals surface area contributed by atoms with E-state index in [0.717, 1.165) is 22.5 Å². The molecule has 0 aliphatic carbocycles. The van der Waals surface area contributed by atoms with E-state index in [1.807, 2.05) is 6.07 Å². The minimum absolute atomic E-state index is 0.572. The molecule has 0 spiro atoms. The number of rotatable bonds is 2. The van der Waals surface area contributed by atoms with Crippen LogP contribution in [0, 0.1) is 11.3 Å². The van der Waals surface area contributed by atoms with Crippen LogP contribution in [0.1, 0.15) is 11.1 Å². The highest BCUT2D eigenvalue weighted by atomic mass is 16.4. The van der Waals surface area contributed by atoms with E-state index in [1.54, 1.807) is 24.4 Å². The van der Waals surface area contributed by atoms with Gasteiger partial charge in [-0.1, -0.05) is 6.07 Å². The van der Waals surface area contributed by atoms with Gasteiger partial charge in [-0.3, -0.25) is 0 Å². The molecule has 4 nitrogen and oxygen atoms in total. The maximum absolute atomic E-state index is 10.4. The van der Waals surface area contributed by atoms with Crippen molar-refractivity contribution in [2.45, 2.75) is 0 Å². The van der Waals surface area contributed by atoms with Crippen LogP contribution in [0.25, 0.3) is 17.0 Å². The third kappa shape index (κ3) is 1.79. The van der Waals surface area contributed by atoms with E-state index in [2.05, 4.69) is 4.98 Å². The van der Waals surface area contributed by atoms with Crippen molar-refractivity contribution in [1.82, 2.24) is 4.98 Å². The van der Waals surface area contributed by atoms with E-state index in [4.69, 9.17) is 10.4 Å². The van der Waals surface area contributed by atoms with Gasteiger partial charge in [-0.2, -0.15) is 5.26 Å². The first kappa shape index (κ1) is 9.99. The molecule has 0 aliphatic heterocycles. The van der Waals surface area contributed by atoms with Crippen LogP contribution in [-0.2, 0) is 4.79 Å². The minimum Gasteiger partial charge on any atom is -0.478 e. The number of carboxylic acids is 1. The molecule has 2 N–H and O–H groups in total. The zero-order valence-corrected chi connectivity index (χ0v) is 8.27. The number of nitrogens with one attached hydrogen (secondary N) is 1. The Bertz CT molecular complexity index is 617. The highest BCUT2D eigenvalue weighted by Gasteiger charge is 2.02. The lowest BCUT2D eigenvalue weighted by Crippen LogP contribution is -1.85. The predicted molar refractivity (Wildman–Crippen MR) is 59.7 cm³/mol. The molecular weight excluding hydrogens is 204 g/mol. The van der Waals surface area contributed by atoms with E-state index < -0.39 is 5.97 Å². The molecule has 0 fully saturated rings. The van der Waals surface area contributed by atoms with Crippen molar-refractivity contribution in [1.29, 1.82) is 5.26 Å². The van der Waals surface area contributed by atoms with Crippen LogP contribution in [-0.4, -0.2) is 16.1 Å². The van der Waals surface area contributed by atoms with E-state index in [9.17, 15) is 4.79 Å². The van der Waals surface area contributed by atoms with Crippen molar-refractivity contribution in [3.05, 3.63) is 41.6 Å². The number of H-pyrrole nitrogens is 1. The number of aromatic amines is 1. The van der Waals surface area contributed by atoms with Crippen LogP contribution in [0.4, 0.5) is 0 Å². The topological polar surface area (TPSA) is 76.9 Å². The van der Waals surface area contributed by atoms with Gasteiger partial charge in [0.25, 0.3) is 0 Å². The van der Waals surface area contributed by atoms with Crippen LogP contribution < -0.4 is 0 Å². The van der Waals surface area contributed by atoms with Gasteiger partial charge in [0.15, 0.2) is 0 Å². The number of hydrogen-bond acceptors (Lipinski definition) is 2. The van der Waals surface area contributed by atoms with Gasteiger partial charge in [0.05, 0.1) is 11.6 Å². The number of carboxylic acid groups (broad SMARTS) is 1. The average Bonchev–Trinajstić information content (AvgIpc) is 2.68. The molecule has 2 aromatic rings. The van der Waals surface area contributed by atoms with E-state index in [-0.39, 0.29) is 0 Å². The largest absolute Gasteiger partial charge is 0.478 e. The van der Waals surface area contributed by atoms with Crippen LogP contribution in [0.15, 0.2) is 30.5 Å². The normalized spacial score (nSPS) is 10.7. The number of aromatic nitrogens is 1. The third-order valence-corrected chi connectivity index (χ3v) is 2.25. The fourth-order valence-electron chi connectivity index (χ4n) is 1.52. The Hall–Kier alpha value is -2.54. The minimum atomic E-state index is -0.983. The summed E-state index contributed by atoms with van der Waals surface area (Å²) in [5.41, 5.74) is 2.19. The number of carbonyl (C=O) groups is 1. The van der Waals surface area contributed by atoms with Crippen molar-refractivity contribution in [3.63, 3.8) is 0 Å². The molecule has 0 saturated heterocycles. The van der Waals surface area contributed by atoms with Gasteiger partial charge in [0.2, 0.25) is 0 Å². The number of nitriles is 1. The smallest absolute Gasteiger partial charge is 0.328 e. The Labute approximate surface area is 91.4 Å². The Morgan fingerprint density at radius 1 is 1.50 bits per heavy atom. The second-order valence-corrected chi connectivity index (χ2v) is 3.29. The molecule has 0 saturated carbocycles. The van der Waals surface area contributed by atoms with E-state index >= 15 is 0 Å². The number of fused-ring (bicyclic) bond motifs is 1. The van der Waals surface area contributed by atoms with Gasteiger partial charge in [-0.15, -0.1) is 0 Å². The average molecular weight is 212 g/mol. The summed E-state index contributed by atoms with van der Waals surface area (Å²) in [6.07, 6.45) is 4.32. The molecule has 0 aliphatic rings. The standard InChI is InChI=1S/C12H8N2O2/c13-6-8-1-3-10-9(2-4-12(15)16)7-14-11(10)5-8/h1-5,7,14H,(H,15,16)/b4-2+. The highest BCUT2D eigenvalue weighted by Crippen LogP contribution is 2.20. The lowest BCUT2D eigenvalue weighted by atomic mass is 10.1. The van der Waals surface area contributed by atoms with Crippen molar-refractivity contribution in [2.75, 3.05) is 0 Å². The quantitative estimate of drug-likeness (QED) is 0.748. The third-order valence-electron chi connectivity index (χ3n) is 2.25. The Balaban J connectivity index is 2.50. The molecule has 0 atom stereocenters. The SMILES string of the molecule is N#Cc1ccc2c(/C=C/C(=O)O)c[nH]c2c1. The first-order chi connectivity index (χ1) is 7.70. The number of benzene rings is 1. The molecule has 0 amide bonds. The molecule has 0 bridgehead atoms. The van der Waals surface area contributed by atoms with E-state index in [0.29, 0.717) is 5.56 Å². The molecule has 1 aromatic carbocycles. The van der Waals surface area contributed by atoms with E-state index in [1.165, 1.54) is 6.08 Å². The van der Waals surface area contributed by atoms with Gasteiger partial charge < -0.3 is 10.1 Å². The maximum atomic E-state index is 10.4. The Morgan fingerprint density at radius 2 is 2.31 bits per heavy atom. The van der Waals surface area contributed by atoms with Crippen molar-refractivity contribution in [3.8, 4) is 6.07 Å². The molecule has 0 unspecified atom stereocenters. The molecule has 16 heavy (non-hydrogen) atoms. The zero-order chi connectivity index (χ0) is 11.5. The van der Waals surface area contributed by atoms with Crippen molar-refractivity contribution < 1.29 is 9.90 Å². The molecule has 2 rings (SSSR count). The summed E-state index contributed by atoms with van der Waals surface area (Å²) in [4.78, 5) is 13.4. The second kappa shape index (κ2) is 3.91. The summed E-state index contributed by atoms with van der Waals surface area (Å²) in [5, 5.41) is 18.2. The van der Waals surface area contributed by atoms with Crippen LogP contribution in [0.5, 0.6) is 0 Å². The highest BCUT2D eigenvalue weighted by molar-refractivity contribution is 5.93. The Kier molecular flexibility index (Phi) is 2.44. The van der Waals surface area contributed by atoms with Crippen LogP contribution in [0.3, 0.4) is 0 Å². The molecular formula is C12H8N2O2. The van der Waals surface area contributed by atoms with Gasteiger partial charge in [-0.25, -0.2) is 4.79 Å².